The summed E-state index contributed by atoms with van der Waals surface area (Å²) in [7, 11) is 3.08. The average Bonchev–Trinajstić information content (AvgIpc) is 2.53. The van der Waals surface area contributed by atoms with Crippen molar-refractivity contribution in [2.75, 3.05) is 20.0 Å². The molecule has 0 aromatic heterocycles. The number of esters is 1. The molecule has 2 rings (SSSR count). The van der Waals surface area contributed by atoms with Crippen LogP contribution in [0.4, 0.5) is 5.69 Å². The Hall–Kier alpha value is -2.69. The molecule has 0 aliphatic heterocycles. The van der Waals surface area contributed by atoms with Crippen molar-refractivity contribution in [1.29, 1.82) is 0 Å². The zero-order chi connectivity index (χ0) is 15.2. The molecule has 110 valence electrons. The van der Waals surface area contributed by atoms with Gasteiger partial charge in [0.25, 0.3) is 0 Å². The molecule has 2 aromatic rings. The first-order valence-electron chi connectivity index (χ1n) is 6.38. The molecule has 0 unspecified atom stereocenters. The summed E-state index contributed by atoms with van der Waals surface area (Å²) in [5.41, 5.74) is 7.26. The normalized spacial score (nSPS) is 10.0. The fraction of sp³-hybridized carbons (Fsp3) is 0.188. The summed E-state index contributed by atoms with van der Waals surface area (Å²) in [5.74, 6) is 0.671. The molecule has 0 spiro atoms. The summed E-state index contributed by atoms with van der Waals surface area (Å²) in [4.78, 5) is 12.1. The van der Waals surface area contributed by atoms with Gasteiger partial charge in [-0.2, -0.15) is 0 Å². The Morgan fingerprint density at radius 2 is 1.86 bits per heavy atom. The van der Waals surface area contributed by atoms with E-state index < -0.39 is 5.97 Å². The number of anilines is 1. The molecule has 0 heterocycles. The van der Waals surface area contributed by atoms with Gasteiger partial charge in [-0.25, -0.2) is 4.79 Å². The highest BCUT2D eigenvalue weighted by Crippen LogP contribution is 2.25. The molecule has 0 radical (unpaired) electrons. The van der Waals surface area contributed by atoms with Gasteiger partial charge in [-0.3, -0.25) is 0 Å². The van der Waals surface area contributed by atoms with Gasteiger partial charge in [0.1, 0.15) is 18.1 Å². The van der Waals surface area contributed by atoms with Crippen LogP contribution in [0.5, 0.6) is 11.5 Å². The summed E-state index contributed by atoms with van der Waals surface area (Å²) < 4.78 is 15.5. The molecule has 0 saturated carbocycles. The highest BCUT2D eigenvalue weighted by atomic mass is 16.5. The van der Waals surface area contributed by atoms with Gasteiger partial charge in [0, 0.05) is 0 Å². The first kappa shape index (κ1) is 14.7. The van der Waals surface area contributed by atoms with Crippen molar-refractivity contribution in [2.45, 2.75) is 6.61 Å². The van der Waals surface area contributed by atoms with E-state index in [0.29, 0.717) is 11.5 Å². The molecular weight excluding hydrogens is 270 g/mol. The highest BCUT2D eigenvalue weighted by molar-refractivity contribution is 5.96. The molecule has 0 amide bonds. The monoisotopic (exact) mass is 287 g/mol. The number of para-hydroxylation sites is 1. The number of hydrogen-bond donors (Lipinski definition) is 1. The van der Waals surface area contributed by atoms with Crippen molar-refractivity contribution in [3.8, 4) is 11.5 Å². The zero-order valence-electron chi connectivity index (χ0n) is 12.0. The van der Waals surface area contributed by atoms with Crippen LogP contribution in [-0.2, 0) is 11.3 Å². The summed E-state index contributed by atoms with van der Waals surface area (Å²) in [6.45, 7) is 0.146. The van der Waals surface area contributed by atoms with Crippen LogP contribution in [-0.4, -0.2) is 20.2 Å². The molecule has 0 bridgehead atoms. The Balaban J connectivity index is 2.08. The third-order valence-corrected chi connectivity index (χ3v) is 3.01. The summed E-state index contributed by atoms with van der Waals surface area (Å²) in [6, 6.07) is 12.3. The summed E-state index contributed by atoms with van der Waals surface area (Å²) in [6.07, 6.45) is 0. The lowest BCUT2D eigenvalue weighted by molar-refractivity contribution is 0.0473. The number of rotatable bonds is 5. The van der Waals surface area contributed by atoms with E-state index in [0.717, 1.165) is 5.56 Å². The first-order chi connectivity index (χ1) is 10.2. The van der Waals surface area contributed by atoms with Crippen LogP contribution in [0.2, 0.25) is 0 Å². The average molecular weight is 287 g/mol. The van der Waals surface area contributed by atoms with Gasteiger partial charge in [-0.05, 0) is 29.8 Å². The number of nitrogen functional groups attached to an aromatic ring is 1. The van der Waals surface area contributed by atoms with Gasteiger partial charge in [-0.1, -0.05) is 18.2 Å². The van der Waals surface area contributed by atoms with Crippen molar-refractivity contribution in [2.24, 2.45) is 0 Å². The van der Waals surface area contributed by atoms with Gasteiger partial charge < -0.3 is 19.9 Å². The SMILES string of the molecule is COc1cccc(COC(=O)c2cccc(OC)c2N)c1. The minimum atomic E-state index is -0.491. The van der Waals surface area contributed by atoms with Gasteiger partial charge in [0.15, 0.2) is 0 Å². The second-order valence-electron chi connectivity index (χ2n) is 4.35. The van der Waals surface area contributed by atoms with E-state index in [-0.39, 0.29) is 17.9 Å². The van der Waals surface area contributed by atoms with Gasteiger partial charge in [-0.15, -0.1) is 0 Å². The Kier molecular flexibility index (Phi) is 4.66. The second kappa shape index (κ2) is 6.65. The largest absolute Gasteiger partial charge is 0.497 e. The van der Waals surface area contributed by atoms with Crippen molar-refractivity contribution in [3.63, 3.8) is 0 Å². The number of hydrogen-bond acceptors (Lipinski definition) is 5. The molecule has 0 fully saturated rings. The van der Waals surface area contributed by atoms with Crippen molar-refractivity contribution in [1.82, 2.24) is 0 Å². The second-order valence-corrected chi connectivity index (χ2v) is 4.35. The number of carbonyl (C=O) groups excluding carboxylic acids is 1. The van der Waals surface area contributed by atoms with E-state index in [1.807, 2.05) is 24.3 Å². The number of nitrogens with two attached hydrogens (primary N) is 1. The molecule has 21 heavy (non-hydrogen) atoms. The predicted molar refractivity (Wildman–Crippen MR) is 79.5 cm³/mol. The van der Waals surface area contributed by atoms with Gasteiger partial charge in [0.2, 0.25) is 0 Å². The number of methoxy groups -OCH3 is 2. The maximum absolute atomic E-state index is 12.1. The lowest BCUT2D eigenvalue weighted by Gasteiger charge is -2.10. The van der Waals surface area contributed by atoms with Crippen LogP contribution in [0, 0.1) is 0 Å². The minimum absolute atomic E-state index is 0.146. The van der Waals surface area contributed by atoms with E-state index in [9.17, 15) is 4.79 Å². The van der Waals surface area contributed by atoms with Crippen LogP contribution < -0.4 is 15.2 Å². The van der Waals surface area contributed by atoms with E-state index in [4.69, 9.17) is 19.9 Å². The number of benzene rings is 2. The molecule has 0 aliphatic carbocycles. The predicted octanol–water partition coefficient (Wildman–Crippen LogP) is 2.64. The molecule has 2 aromatic carbocycles. The highest BCUT2D eigenvalue weighted by Gasteiger charge is 2.14. The Bertz CT molecular complexity index is 640. The van der Waals surface area contributed by atoms with Gasteiger partial charge >= 0.3 is 5.97 Å². The van der Waals surface area contributed by atoms with Crippen LogP contribution in [0.25, 0.3) is 0 Å². The molecular formula is C16H17NO4. The van der Waals surface area contributed by atoms with E-state index in [1.165, 1.54) is 7.11 Å². The third-order valence-electron chi connectivity index (χ3n) is 3.01. The van der Waals surface area contributed by atoms with Crippen molar-refractivity contribution < 1.29 is 19.0 Å². The fourth-order valence-electron chi connectivity index (χ4n) is 1.89. The Morgan fingerprint density at radius 1 is 1.10 bits per heavy atom. The fourth-order valence-corrected chi connectivity index (χ4v) is 1.89. The van der Waals surface area contributed by atoms with Gasteiger partial charge in [0.05, 0.1) is 25.5 Å². The summed E-state index contributed by atoms with van der Waals surface area (Å²) in [5, 5.41) is 0. The maximum Gasteiger partial charge on any atom is 0.340 e. The quantitative estimate of drug-likeness (QED) is 0.676. The molecule has 0 atom stereocenters. The zero-order valence-corrected chi connectivity index (χ0v) is 12.0. The molecule has 0 saturated heterocycles. The Labute approximate surface area is 123 Å². The number of ether oxygens (including phenoxy) is 3. The standard InChI is InChI=1S/C16H17NO4/c1-19-12-6-3-5-11(9-12)10-21-16(18)13-7-4-8-14(20-2)15(13)17/h3-9H,10,17H2,1-2H3. The van der Waals surface area contributed by atoms with Crippen LogP contribution in [0.15, 0.2) is 42.5 Å². The lowest BCUT2D eigenvalue weighted by atomic mass is 10.1. The van der Waals surface area contributed by atoms with Crippen LogP contribution in [0.1, 0.15) is 15.9 Å². The third kappa shape index (κ3) is 3.45. The molecule has 2 N–H and O–H groups in total. The molecule has 0 aliphatic rings. The van der Waals surface area contributed by atoms with Crippen LogP contribution >= 0.6 is 0 Å². The van der Waals surface area contributed by atoms with E-state index in [2.05, 4.69) is 0 Å². The lowest BCUT2D eigenvalue weighted by Crippen LogP contribution is -2.09. The van der Waals surface area contributed by atoms with E-state index in [1.54, 1.807) is 25.3 Å². The van der Waals surface area contributed by atoms with Crippen molar-refractivity contribution in [3.05, 3.63) is 53.6 Å². The minimum Gasteiger partial charge on any atom is -0.497 e. The Morgan fingerprint density at radius 3 is 2.57 bits per heavy atom. The summed E-state index contributed by atoms with van der Waals surface area (Å²) >= 11 is 0. The smallest absolute Gasteiger partial charge is 0.340 e. The van der Waals surface area contributed by atoms with Crippen molar-refractivity contribution >= 4 is 11.7 Å². The molecule has 5 heteroatoms. The topological polar surface area (TPSA) is 70.8 Å². The first-order valence-corrected chi connectivity index (χ1v) is 6.38. The molecule has 5 nitrogen and oxygen atoms in total. The number of carbonyl (C=O) groups is 1. The maximum atomic E-state index is 12.1. The van der Waals surface area contributed by atoms with Crippen LogP contribution in [0.3, 0.4) is 0 Å². The van der Waals surface area contributed by atoms with E-state index >= 15 is 0 Å².